The molecule has 0 atom stereocenters. The van der Waals surface area contributed by atoms with Crippen molar-refractivity contribution in [2.75, 3.05) is 0 Å². The van der Waals surface area contributed by atoms with E-state index in [1.807, 2.05) is 12.1 Å². The van der Waals surface area contributed by atoms with Crippen molar-refractivity contribution in [2.45, 2.75) is 39.2 Å². The normalized spacial score (nSPS) is 14.0. The van der Waals surface area contributed by atoms with Gasteiger partial charge in [0.2, 0.25) is 0 Å². The van der Waals surface area contributed by atoms with Gasteiger partial charge in [-0.3, -0.25) is 0 Å². The van der Waals surface area contributed by atoms with Crippen LogP contribution < -0.4 is 4.74 Å². The fraction of sp³-hybridized carbons (Fsp3) is 0.231. The Morgan fingerprint density at radius 1 is 0.786 bits per heavy atom. The van der Waals surface area contributed by atoms with Crippen molar-refractivity contribution in [3.8, 4) is 11.5 Å². The molecule has 0 amide bonds. The summed E-state index contributed by atoms with van der Waals surface area (Å²) in [5, 5.41) is 9.75. The maximum Gasteiger partial charge on any atom is 0.120 e. The van der Waals surface area contributed by atoms with Crippen LogP contribution in [-0.2, 0) is 6.42 Å². The minimum atomic E-state index is -0.215. The van der Waals surface area contributed by atoms with Crippen LogP contribution in [0.25, 0.3) is 11.1 Å². The van der Waals surface area contributed by atoms with Crippen LogP contribution in [0, 0.1) is 0 Å². The first-order valence-corrected chi connectivity index (χ1v) is 9.81. The van der Waals surface area contributed by atoms with Gasteiger partial charge in [0.1, 0.15) is 17.1 Å². The molecule has 0 saturated heterocycles. The van der Waals surface area contributed by atoms with Crippen LogP contribution in [0.2, 0.25) is 0 Å². The summed E-state index contributed by atoms with van der Waals surface area (Å²) in [5.74, 6) is 1.20. The molecule has 4 rings (SSSR count). The second kappa shape index (κ2) is 7.20. The predicted molar refractivity (Wildman–Crippen MR) is 116 cm³/mol. The standard InChI is InChI=1S/C26H26O2/c1-26(2,3)28-22-14-16-24-20(17-22)11-15-23(18-7-5-4-6-8-18)25(24)19-9-12-21(27)13-10-19/h4-10,12-14,16-17,27H,11,15H2,1-3H3. The lowest BCUT2D eigenvalue weighted by atomic mass is 9.79. The molecule has 0 saturated carbocycles. The number of rotatable bonds is 3. The van der Waals surface area contributed by atoms with Gasteiger partial charge in [0.25, 0.3) is 0 Å². The van der Waals surface area contributed by atoms with E-state index >= 15 is 0 Å². The molecule has 0 spiro atoms. The highest BCUT2D eigenvalue weighted by molar-refractivity contribution is 6.00. The topological polar surface area (TPSA) is 29.5 Å². The van der Waals surface area contributed by atoms with Crippen molar-refractivity contribution >= 4 is 11.1 Å². The second-order valence-corrected chi connectivity index (χ2v) is 8.30. The second-order valence-electron chi connectivity index (χ2n) is 8.30. The molecule has 1 aliphatic rings. The summed E-state index contributed by atoms with van der Waals surface area (Å²) in [5.41, 5.74) is 7.32. The number of hydrogen-bond donors (Lipinski definition) is 1. The number of fused-ring (bicyclic) bond motifs is 1. The zero-order valence-corrected chi connectivity index (χ0v) is 16.7. The van der Waals surface area contributed by atoms with Crippen molar-refractivity contribution in [1.29, 1.82) is 0 Å². The molecule has 3 aromatic rings. The van der Waals surface area contributed by atoms with Crippen molar-refractivity contribution in [1.82, 2.24) is 0 Å². The van der Waals surface area contributed by atoms with Gasteiger partial charge in [-0.1, -0.05) is 48.5 Å². The van der Waals surface area contributed by atoms with Gasteiger partial charge in [0, 0.05) is 0 Å². The van der Waals surface area contributed by atoms with Gasteiger partial charge in [-0.25, -0.2) is 0 Å². The van der Waals surface area contributed by atoms with Gasteiger partial charge in [-0.2, -0.15) is 0 Å². The van der Waals surface area contributed by atoms with Crippen LogP contribution in [0.3, 0.4) is 0 Å². The van der Waals surface area contributed by atoms with Gasteiger partial charge in [0.05, 0.1) is 0 Å². The smallest absolute Gasteiger partial charge is 0.120 e. The summed E-state index contributed by atoms with van der Waals surface area (Å²) in [6.07, 6.45) is 1.97. The van der Waals surface area contributed by atoms with E-state index in [2.05, 4.69) is 69.3 Å². The first-order valence-electron chi connectivity index (χ1n) is 9.81. The SMILES string of the molecule is CC(C)(C)Oc1ccc2c(c1)CCC(c1ccccc1)=C2c1ccc(O)cc1. The van der Waals surface area contributed by atoms with E-state index in [0.29, 0.717) is 0 Å². The molecule has 1 aliphatic carbocycles. The first kappa shape index (κ1) is 18.4. The van der Waals surface area contributed by atoms with E-state index < -0.39 is 0 Å². The third kappa shape index (κ3) is 3.82. The number of benzene rings is 3. The lowest BCUT2D eigenvalue weighted by Crippen LogP contribution is -2.23. The molecule has 0 radical (unpaired) electrons. The summed E-state index contributed by atoms with van der Waals surface area (Å²) in [6.45, 7) is 6.21. The lowest BCUT2D eigenvalue weighted by Gasteiger charge is -2.27. The summed E-state index contributed by atoms with van der Waals surface area (Å²) in [7, 11) is 0. The molecular weight excluding hydrogens is 344 g/mol. The summed E-state index contributed by atoms with van der Waals surface area (Å²) in [4.78, 5) is 0. The zero-order chi connectivity index (χ0) is 19.7. The van der Waals surface area contributed by atoms with Crippen molar-refractivity contribution in [3.63, 3.8) is 0 Å². The number of allylic oxidation sites excluding steroid dienone is 1. The number of ether oxygens (including phenoxy) is 1. The Morgan fingerprint density at radius 2 is 1.50 bits per heavy atom. The Kier molecular flexibility index (Phi) is 4.72. The fourth-order valence-corrected chi connectivity index (χ4v) is 3.87. The van der Waals surface area contributed by atoms with Gasteiger partial charge in [0.15, 0.2) is 0 Å². The highest BCUT2D eigenvalue weighted by Gasteiger charge is 2.23. The average Bonchev–Trinajstić information content (AvgIpc) is 2.67. The minimum Gasteiger partial charge on any atom is -0.508 e. The number of hydrogen-bond acceptors (Lipinski definition) is 2. The van der Waals surface area contributed by atoms with Crippen LogP contribution in [0.15, 0.2) is 72.8 Å². The Hall–Kier alpha value is -3.00. The average molecular weight is 370 g/mol. The number of aryl methyl sites for hydroxylation is 1. The Balaban J connectivity index is 1.87. The van der Waals surface area contributed by atoms with E-state index in [4.69, 9.17) is 4.74 Å². The van der Waals surface area contributed by atoms with Crippen LogP contribution in [0.4, 0.5) is 0 Å². The van der Waals surface area contributed by atoms with Gasteiger partial charge >= 0.3 is 0 Å². The molecule has 2 nitrogen and oxygen atoms in total. The summed E-state index contributed by atoms with van der Waals surface area (Å²) < 4.78 is 6.09. The number of phenolic OH excluding ortho intramolecular Hbond substituents is 1. The Bertz CT molecular complexity index is 1010. The monoisotopic (exact) mass is 370 g/mol. The highest BCUT2D eigenvalue weighted by atomic mass is 16.5. The number of aromatic hydroxyl groups is 1. The van der Waals surface area contributed by atoms with E-state index in [-0.39, 0.29) is 11.4 Å². The minimum absolute atomic E-state index is 0.215. The molecule has 3 aromatic carbocycles. The maximum atomic E-state index is 9.75. The maximum absolute atomic E-state index is 9.75. The third-order valence-electron chi connectivity index (χ3n) is 4.99. The molecule has 28 heavy (non-hydrogen) atoms. The van der Waals surface area contributed by atoms with Crippen molar-refractivity contribution < 1.29 is 9.84 Å². The van der Waals surface area contributed by atoms with Crippen LogP contribution in [0.5, 0.6) is 11.5 Å². The molecule has 0 heterocycles. The Morgan fingerprint density at radius 3 is 2.18 bits per heavy atom. The molecule has 2 heteroatoms. The van der Waals surface area contributed by atoms with Crippen molar-refractivity contribution in [2.24, 2.45) is 0 Å². The van der Waals surface area contributed by atoms with Crippen LogP contribution in [-0.4, -0.2) is 10.7 Å². The van der Waals surface area contributed by atoms with Gasteiger partial charge in [-0.15, -0.1) is 0 Å². The lowest BCUT2D eigenvalue weighted by molar-refractivity contribution is 0.131. The van der Waals surface area contributed by atoms with E-state index in [0.717, 1.165) is 24.2 Å². The fourth-order valence-electron chi connectivity index (χ4n) is 3.87. The third-order valence-corrected chi connectivity index (χ3v) is 4.99. The summed E-state index contributed by atoms with van der Waals surface area (Å²) >= 11 is 0. The highest BCUT2D eigenvalue weighted by Crippen LogP contribution is 2.42. The Labute approximate surface area is 167 Å². The molecular formula is C26H26O2. The number of phenols is 1. The molecule has 0 aliphatic heterocycles. The molecule has 0 bridgehead atoms. The molecule has 0 unspecified atom stereocenters. The molecule has 142 valence electrons. The largest absolute Gasteiger partial charge is 0.508 e. The zero-order valence-electron chi connectivity index (χ0n) is 16.7. The van der Waals surface area contributed by atoms with Gasteiger partial charge < -0.3 is 9.84 Å². The van der Waals surface area contributed by atoms with E-state index in [1.165, 1.54) is 27.8 Å². The first-order chi connectivity index (χ1) is 13.4. The quantitative estimate of drug-likeness (QED) is 0.572. The molecule has 0 fully saturated rings. The van der Waals surface area contributed by atoms with Crippen LogP contribution in [0.1, 0.15) is 49.4 Å². The van der Waals surface area contributed by atoms with E-state index in [1.54, 1.807) is 12.1 Å². The molecule has 1 N–H and O–H groups in total. The molecule has 0 aromatic heterocycles. The van der Waals surface area contributed by atoms with Gasteiger partial charge in [-0.05, 0) is 91.3 Å². The van der Waals surface area contributed by atoms with Crippen molar-refractivity contribution in [3.05, 3.63) is 95.1 Å². The van der Waals surface area contributed by atoms with Crippen LogP contribution >= 0.6 is 0 Å². The van der Waals surface area contributed by atoms with E-state index in [9.17, 15) is 5.11 Å². The summed E-state index contributed by atoms with van der Waals surface area (Å²) in [6, 6.07) is 24.5. The predicted octanol–water partition coefficient (Wildman–Crippen LogP) is 6.47.